The van der Waals surface area contributed by atoms with E-state index in [4.69, 9.17) is 0 Å². The van der Waals surface area contributed by atoms with E-state index in [0.717, 1.165) is 15.6 Å². The van der Waals surface area contributed by atoms with Crippen LogP contribution < -0.4 is 5.32 Å². The number of nitrogens with zero attached hydrogens (tertiary/aromatic N) is 2. The Hall–Kier alpha value is -1.42. The molecule has 0 amide bonds. The Bertz CT molecular complexity index is 535. The lowest BCUT2D eigenvalue weighted by Crippen LogP contribution is -2.12. The van der Waals surface area contributed by atoms with E-state index in [1.54, 1.807) is 0 Å². The van der Waals surface area contributed by atoms with Crippen LogP contribution in [-0.4, -0.2) is 16.0 Å². The maximum absolute atomic E-state index is 4.33. The van der Waals surface area contributed by atoms with E-state index in [-0.39, 0.29) is 0 Å². The molecule has 0 spiro atoms. The van der Waals surface area contributed by atoms with E-state index in [0.29, 0.717) is 12.0 Å². The van der Waals surface area contributed by atoms with Crippen LogP contribution in [0.3, 0.4) is 0 Å². The first-order valence-electron chi connectivity index (χ1n) is 5.91. The van der Waals surface area contributed by atoms with Gasteiger partial charge in [0, 0.05) is 28.5 Å². The molecule has 0 aliphatic heterocycles. The summed E-state index contributed by atoms with van der Waals surface area (Å²) in [4.78, 5) is 8.66. The van der Waals surface area contributed by atoms with Crippen molar-refractivity contribution in [3.63, 3.8) is 0 Å². The maximum atomic E-state index is 4.33. The molecule has 0 unspecified atom stereocenters. The summed E-state index contributed by atoms with van der Waals surface area (Å²) in [6.07, 6.45) is 3.71. The van der Waals surface area contributed by atoms with Crippen LogP contribution in [0, 0.1) is 6.92 Å². The van der Waals surface area contributed by atoms with Crippen LogP contribution in [0.1, 0.15) is 19.4 Å². The molecule has 1 aromatic carbocycles. The third-order valence-electron chi connectivity index (χ3n) is 2.58. The molecule has 2 aromatic rings. The van der Waals surface area contributed by atoms with Crippen molar-refractivity contribution in [2.45, 2.75) is 26.8 Å². The van der Waals surface area contributed by atoms with Crippen LogP contribution in [0.4, 0.5) is 5.95 Å². The first-order valence-corrected chi connectivity index (χ1v) is 6.70. The summed E-state index contributed by atoms with van der Waals surface area (Å²) >= 11 is 3.49. The molecule has 0 fully saturated rings. The lowest BCUT2D eigenvalue weighted by atomic mass is 10.0. The summed E-state index contributed by atoms with van der Waals surface area (Å²) in [5, 5.41) is 3.18. The highest BCUT2D eigenvalue weighted by atomic mass is 79.9. The quantitative estimate of drug-likeness (QED) is 0.930. The average molecular weight is 306 g/mol. The van der Waals surface area contributed by atoms with Gasteiger partial charge in [-0.05, 0) is 44.0 Å². The predicted octanol–water partition coefficient (Wildman–Crippen LogP) is 4.03. The van der Waals surface area contributed by atoms with Crippen molar-refractivity contribution in [2.24, 2.45) is 0 Å². The third kappa shape index (κ3) is 3.07. The normalized spacial score (nSPS) is 10.7. The number of anilines is 1. The minimum atomic E-state index is 0.337. The molecule has 0 saturated carbocycles. The van der Waals surface area contributed by atoms with E-state index < -0.39 is 0 Å². The lowest BCUT2D eigenvalue weighted by Gasteiger charge is -2.09. The standard InChI is InChI=1S/C14H16BrN3/c1-9(2)18-14-16-7-11(8-17-14)13-6-12(15)5-4-10(13)3/h4-9H,1-3H3,(H,16,17,18). The summed E-state index contributed by atoms with van der Waals surface area (Å²) in [6.45, 7) is 6.22. The van der Waals surface area contributed by atoms with Gasteiger partial charge in [-0.25, -0.2) is 9.97 Å². The van der Waals surface area contributed by atoms with E-state index >= 15 is 0 Å². The summed E-state index contributed by atoms with van der Waals surface area (Å²) in [5.74, 6) is 0.668. The number of nitrogens with one attached hydrogen (secondary N) is 1. The highest BCUT2D eigenvalue weighted by molar-refractivity contribution is 9.10. The van der Waals surface area contributed by atoms with Crippen molar-refractivity contribution in [1.82, 2.24) is 9.97 Å². The van der Waals surface area contributed by atoms with Crippen LogP contribution in [0.15, 0.2) is 35.1 Å². The molecule has 0 aliphatic carbocycles. The fourth-order valence-corrected chi connectivity index (χ4v) is 2.07. The van der Waals surface area contributed by atoms with Crippen molar-refractivity contribution in [3.8, 4) is 11.1 Å². The molecule has 0 bridgehead atoms. The van der Waals surface area contributed by atoms with Crippen molar-refractivity contribution in [2.75, 3.05) is 5.32 Å². The molecule has 1 N–H and O–H groups in total. The van der Waals surface area contributed by atoms with E-state index in [1.165, 1.54) is 5.56 Å². The monoisotopic (exact) mass is 305 g/mol. The molecule has 0 radical (unpaired) electrons. The maximum Gasteiger partial charge on any atom is 0.222 e. The topological polar surface area (TPSA) is 37.8 Å². The van der Waals surface area contributed by atoms with Gasteiger partial charge in [-0.15, -0.1) is 0 Å². The zero-order chi connectivity index (χ0) is 13.1. The van der Waals surface area contributed by atoms with Gasteiger partial charge in [0.1, 0.15) is 0 Å². The highest BCUT2D eigenvalue weighted by Crippen LogP contribution is 2.26. The van der Waals surface area contributed by atoms with Gasteiger partial charge >= 0.3 is 0 Å². The van der Waals surface area contributed by atoms with Gasteiger partial charge in [-0.1, -0.05) is 22.0 Å². The summed E-state index contributed by atoms with van der Waals surface area (Å²) in [6, 6.07) is 6.54. The van der Waals surface area contributed by atoms with Crippen LogP contribution in [0.25, 0.3) is 11.1 Å². The fraction of sp³-hybridized carbons (Fsp3) is 0.286. The molecule has 1 aromatic heterocycles. The Balaban J connectivity index is 2.31. The molecule has 4 heteroatoms. The number of aromatic nitrogens is 2. The van der Waals surface area contributed by atoms with Gasteiger partial charge in [0.2, 0.25) is 5.95 Å². The van der Waals surface area contributed by atoms with Crippen molar-refractivity contribution in [3.05, 3.63) is 40.6 Å². The predicted molar refractivity (Wildman–Crippen MR) is 78.7 cm³/mol. The molecule has 18 heavy (non-hydrogen) atoms. The smallest absolute Gasteiger partial charge is 0.222 e. The van der Waals surface area contributed by atoms with Gasteiger partial charge < -0.3 is 5.32 Å². The molecule has 1 heterocycles. The Morgan fingerprint density at radius 1 is 1.17 bits per heavy atom. The summed E-state index contributed by atoms with van der Waals surface area (Å²) in [7, 11) is 0. The summed E-state index contributed by atoms with van der Waals surface area (Å²) < 4.78 is 1.06. The number of hydrogen-bond acceptors (Lipinski definition) is 3. The molecule has 0 atom stereocenters. The second-order valence-electron chi connectivity index (χ2n) is 4.55. The first-order chi connectivity index (χ1) is 8.56. The number of aryl methyl sites for hydroxylation is 1. The first kappa shape index (κ1) is 13.0. The Morgan fingerprint density at radius 2 is 1.83 bits per heavy atom. The zero-order valence-electron chi connectivity index (χ0n) is 10.7. The van der Waals surface area contributed by atoms with Gasteiger partial charge in [0.15, 0.2) is 0 Å². The lowest BCUT2D eigenvalue weighted by molar-refractivity contribution is 0.874. The van der Waals surface area contributed by atoms with Crippen molar-refractivity contribution in [1.29, 1.82) is 0 Å². The molecular formula is C14H16BrN3. The average Bonchev–Trinajstić information content (AvgIpc) is 2.33. The number of halogens is 1. The van der Waals surface area contributed by atoms with Gasteiger partial charge in [0.05, 0.1) is 0 Å². The van der Waals surface area contributed by atoms with E-state index in [1.807, 2.05) is 18.5 Å². The van der Waals surface area contributed by atoms with E-state index in [2.05, 4.69) is 64.1 Å². The van der Waals surface area contributed by atoms with E-state index in [9.17, 15) is 0 Å². The second kappa shape index (κ2) is 5.48. The molecule has 94 valence electrons. The zero-order valence-corrected chi connectivity index (χ0v) is 12.3. The largest absolute Gasteiger partial charge is 0.352 e. The highest BCUT2D eigenvalue weighted by Gasteiger charge is 2.05. The van der Waals surface area contributed by atoms with Gasteiger partial charge in [0.25, 0.3) is 0 Å². The Labute approximate surface area is 116 Å². The number of benzene rings is 1. The van der Waals surface area contributed by atoms with Crippen LogP contribution >= 0.6 is 15.9 Å². The van der Waals surface area contributed by atoms with Crippen LogP contribution in [0.2, 0.25) is 0 Å². The molecular weight excluding hydrogens is 290 g/mol. The number of hydrogen-bond donors (Lipinski definition) is 1. The fourth-order valence-electron chi connectivity index (χ4n) is 1.71. The van der Waals surface area contributed by atoms with Crippen LogP contribution in [0.5, 0.6) is 0 Å². The summed E-state index contributed by atoms with van der Waals surface area (Å²) in [5.41, 5.74) is 3.40. The molecule has 0 aliphatic rings. The van der Waals surface area contributed by atoms with Crippen molar-refractivity contribution >= 4 is 21.9 Å². The van der Waals surface area contributed by atoms with Crippen LogP contribution in [-0.2, 0) is 0 Å². The minimum Gasteiger partial charge on any atom is -0.352 e. The third-order valence-corrected chi connectivity index (χ3v) is 3.07. The Kier molecular flexibility index (Phi) is 3.97. The number of rotatable bonds is 3. The molecule has 0 saturated heterocycles. The van der Waals surface area contributed by atoms with Gasteiger partial charge in [-0.3, -0.25) is 0 Å². The van der Waals surface area contributed by atoms with Gasteiger partial charge in [-0.2, -0.15) is 0 Å². The SMILES string of the molecule is Cc1ccc(Br)cc1-c1cnc(NC(C)C)nc1. The minimum absolute atomic E-state index is 0.337. The second-order valence-corrected chi connectivity index (χ2v) is 5.47. The van der Waals surface area contributed by atoms with Crippen molar-refractivity contribution < 1.29 is 0 Å². The molecule has 2 rings (SSSR count). The Morgan fingerprint density at radius 3 is 2.44 bits per heavy atom. The molecule has 3 nitrogen and oxygen atoms in total.